The fourth-order valence-corrected chi connectivity index (χ4v) is 2.49. The Morgan fingerprint density at radius 1 is 1.13 bits per heavy atom. The summed E-state index contributed by atoms with van der Waals surface area (Å²) in [6.45, 7) is 4.34. The lowest BCUT2D eigenvalue weighted by Gasteiger charge is -2.33. The summed E-state index contributed by atoms with van der Waals surface area (Å²) in [6, 6.07) is 6.72. The Bertz CT molecular complexity index is 595. The van der Waals surface area contributed by atoms with Gasteiger partial charge in [-0.3, -0.25) is 14.5 Å². The van der Waals surface area contributed by atoms with Crippen LogP contribution >= 0.6 is 0 Å². The maximum Gasteiger partial charge on any atom is 0.339 e. The number of hydrogen-bond acceptors (Lipinski definition) is 5. The topological polar surface area (TPSA) is 79.0 Å². The van der Waals surface area contributed by atoms with Gasteiger partial charge in [0.25, 0.3) is 0 Å². The molecule has 2 amide bonds. The van der Waals surface area contributed by atoms with Crippen LogP contribution in [0.15, 0.2) is 24.3 Å². The smallest absolute Gasteiger partial charge is 0.339 e. The van der Waals surface area contributed by atoms with Crippen molar-refractivity contribution in [2.75, 3.05) is 45.2 Å². The molecule has 1 aromatic carbocycles. The number of nitrogens with one attached hydrogen (secondary N) is 1. The average molecular weight is 319 g/mol. The van der Waals surface area contributed by atoms with E-state index in [0.717, 1.165) is 0 Å². The number of carbonyl (C=O) groups is 3. The minimum Gasteiger partial charge on any atom is -0.465 e. The van der Waals surface area contributed by atoms with E-state index >= 15 is 0 Å². The van der Waals surface area contributed by atoms with Gasteiger partial charge >= 0.3 is 5.97 Å². The number of piperazine rings is 1. The Balaban J connectivity index is 1.91. The molecule has 1 heterocycles. The van der Waals surface area contributed by atoms with Crippen LogP contribution in [-0.2, 0) is 14.3 Å². The number of amides is 2. The first-order valence-corrected chi connectivity index (χ1v) is 7.46. The van der Waals surface area contributed by atoms with Crippen LogP contribution in [0, 0.1) is 0 Å². The second kappa shape index (κ2) is 7.73. The van der Waals surface area contributed by atoms with Crippen LogP contribution < -0.4 is 5.32 Å². The number of methoxy groups -OCH3 is 1. The maximum atomic E-state index is 12.2. The highest BCUT2D eigenvalue weighted by molar-refractivity contribution is 6.01. The van der Waals surface area contributed by atoms with Crippen molar-refractivity contribution in [2.45, 2.75) is 6.92 Å². The molecule has 1 fully saturated rings. The lowest BCUT2D eigenvalue weighted by molar-refractivity contribution is -0.130. The van der Waals surface area contributed by atoms with E-state index in [9.17, 15) is 14.4 Å². The van der Waals surface area contributed by atoms with E-state index < -0.39 is 5.97 Å². The largest absolute Gasteiger partial charge is 0.465 e. The molecular weight excluding hydrogens is 298 g/mol. The van der Waals surface area contributed by atoms with E-state index in [4.69, 9.17) is 4.74 Å². The van der Waals surface area contributed by atoms with Gasteiger partial charge < -0.3 is 15.0 Å². The summed E-state index contributed by atoms with van der Waals surface area (Å²) in [5.41, 5.74) is 0.761. The first kappa shape index (κ1) is 17.0. The lowest BCUT2D eigenvalue weighted by atomic mass is 10.2. The molecular formula is C16H21N3O4. The zero-order valence-electron chi connectivity index (χ0n) is 13.4. The van der Waals surface area contributed by atoms with Gasteiger partial charge in [0.1, 0.15) is 0 Å². The molecule has 0 bridgehead atoms. The van der Waals surface area contributed by atoms with Gasteiger partial charge in [0, 0.05) is 33.1 Å². The third-order valence-corrected chi connectivity index (χ3v) is 3.79. The quantitative estimate of drug-likeness (QED) is 0.821. The Morgan fingerprint density at radius 3 is 2.39 bits per heavy atom. The van der Waals surface area contributed by atoms with E-state index in [1.165, 1.54) is 7.11 Å². The number of anilines is 1. The summed E-state index contributed by atoms with van der Waals surface area (Å²) < 4.78 is 4.70. The van der Waals surface area contributed by atoms with Gasteiger partial charge in [-0.05, 0) is 12.1 Å². The molecule has 1 aromatic rings. The molecule has 7 heteroatoms. The van der Waals surface area contributed by atoms with E-state index in [1.54, 1.807) is 36.1 Å². The van der Waals surface area contributed by atoms with Crippen LogP contribution in [0.2, 0.25) is 0 Å². The predicted molar refractivity (Wildman–Crippen MR) is 85.1 cm³/mol. The highest BCUT2D eigenvalue weighted by Crippen LogP contribution is 2.16. The van der Waals surface area contributed by atoms with E-state index in [-0.39, 0.29) is 18.4 Å². The van der Waals surface area contributed by atoms with Crippen LogP contribution in [0.25, 0.3) is 0 Å². The molecule has 23 heavy (non-hydrogen) atoms. The van der Waals surface area contributed by atoms with Crippen LogP contribution in [0.3, 0.4) is 0 Å². The molecule has 124 valence electrons. The van der Waals surface area contributed by atoms with Crippen LogP contribution in [0.1, 0.15) is 17.3 Å². The van der Waals surface area contributed by atoms with Crippen molar-refractivity contribution in [3.63, 3.8) is 0 Å². The number of benzene rings is 1. The summed E-state index contributed by atoms with van der Waals surface area (Å²) >= 11 is 0. The number of carbonyl (C=O) groups excluding carboxylic acids is 3. The lowest BCUT2D eigenvalue weighted by Crippen LogP contribution is -2.49. The number of esters is 1. The standard InChI is InChI=1S/C16H21N3O4/c1-12(20)19-9-7-18(8-10-19)11-15(21)17-14-6-4-3-5-13(14)16(22)23-2/h3-6H,7-11H2,1-2H3,(H,17,21). The van der Waals surface area contributed by atoms with Crippen molar-refractivity contribution in [1.29, 1.82) is 0 Å². The van der Waals surface area contributed by atoms with Crippen molar-refractivity contribution in [3.8, 4) is 0 Å². The molecule has 0 aromatic heterocycles. The van der Waals surface area contributed by atoms with Gasteiger partial charge in [0.05, 0.1) is 24.9 Å². The monoisotopic (exact) mass is 319 g/mol. The van der Waals surface area contributed by atoms with E-state index in [0.29, 0.717) is 37.4 Å². The Hall–Kier alpha value is -2.41. The van der Waals surface area contributed by atoms with Crippen molar-refractivity contribution in [1.82, 2.24) is 9.80 Å². The number of hydrogen-bond donors (Lipinski definition) is 1. The highest BCUT2D eigenvalue weighted by Gasteiger charge is 2.21. The van der Waals surface area contributed by atoms with Crippen LogP contribution in [0.5, 0.6) is 0 Å². The SMILES string of the molecule is COC(=O)c1ccccc1NC(=O)CN1CCN(C(C)=O)CC1. The van der Waals surface area contributed by atoms with Gasteiger partial charge in [-0.25, -0.2) is 4.79 Å². The molecule has 0 saturated carbocycles. The first-order chi connectivity index (χ1) is 11.0. The van der Waals surface area contributed by atoms with Gasteiger partial charge in [0.2, 0.25) is 11.8 Å². The minimum absolute atomic E-state index is 0.0566. The summed E-state index contributed by atoms with van der Waals surface area (Å²) in [5.74, 6) is -0.630. The maximum absolute atomic E-state index is 12.2. The molecule has 0 atom stereocenters. The van der Waals surface area contributed by atoms with Gasteiger partial charge in [0.15, 0.2) is 0 Å². The predicted octanol–water partition coefficient (Wildman–Crippen LogP) is 0.576. The zero-order valence-corrected chi connectivity index (χ0v) is 13.4. The summed E-state index contributed by atoms with van der Waals surface area (Å²) in [6.07, 6.45) is 0. The molecule has 0 aliphatic carbocycles. The molecule has 1 saturated heterocycles. The van der Waals surface area contributed by atoms with Gasteiger partial charge in [-0.2, -0.15) is 0 Å². The fourth-order valence-electron chi connectivity index (χ4n) is 2.49. The normalized spacial score (nSPS) is 15.1. The first-order valence-electron chi connectivity index (χ1n) is 7.46. The van der Waals surface area contributed by atoms with Crippen molar-refractivity contribution >= 4 is 23.5 Å². The Morgan fingerprint density at radius 2 is 1.78 bits per heavy atom. The van der Waals surface area contributed by atoms with Crippen molar-refractivity contribution in [3.05, 3.63) is 29.8 Å². The molecule has 1 N–H and O–H groups in total. The highest BCUT2D eigenvalue weighted by atomic mass is 16.5. The van der Waals surface area contributed by atoms with E-state index in [1.807, 2.05) is 4.90 Å². The number of para-hydroxylation sites is 1. The zero-order chi connectivity index (χ0) is 16.8. The molecule has 0 spiro atoms. The number of nitrogens with zero attached hydrogens (tertiary/aromatic N) is 2. The number of rotatable bonds is 4. The van der Waals surface area contributed by atoms with Crippen LogP contribution in [0.4, 0.5) is 5.69 Å². The second-order valence-corrected chi connectivity index (χ2v) is 5.37. The van der Waals surface area contributed by atoms with Crippen LogP contribution in [-0.4, -0.2) is 67.4 Å². The third-order valence-electron chi connectivity index (χ3n) is 3.79. The summed E-state index contributed by atoms with van der Waals surface area (Å²) in [4.78, 5) is 38.9. The van der Waals surface area contributed by atoms with Crippen molar-refractivity contribution in [2.24, 2.45) is 0 Å². The molecule has 7 nitrogen and oxygen atoms in total. The fraction of sp³-hybridized carbons (Fsp3) is 0.438. The van der Waals surface area contributed by atoms with E-state index in [2.05, 4.69) is 5.32 Å². The minimum atomic E-state index is -0.490. The number of ether oxygens (including phenoxy) is 1. The summed E-state index contributed by atoms with van der Waals surface area (Å²) in [7, 11) is 1.30. The van der Waals surface area contributed by atoms with Gasteiger partial charge in [-0.15, -0.1) is 0 Å². The Kier molecular flexibility index (Phi) is 5.70. The Labute approximate surface area is 135 Å². The third kappa shape index (κ3) is 4.53. The second-order valence-electron chi connectivity index (χ2n) is 5.37. The summed E-state index contributed by atoms with van der Waals surface area (Å²) in [5, 5.41) is 2.75. The molecule has 0 unspecified atom stereocenters. The molecule has 1 aliphatic heterocycles. The average Bonchev–Trinajstić information content (AvgIpc) is 2.55. The molecule has 2 rings (SSSR count). The molecule has 1 aliphatic rings. The molecule has 0 radical (unpaired) electrons. The van der Waals surface area contributed by atoms with Gasteiger partial charge in [-0.1, -0.05) is 12.1 Å². The van der Waals surface area contributed by atoms with Crippen molar-refractivity contribution < 1.29 is 19.1 Å².